The van der Waals surface area contributed by atoms with Crippen molar-refractivity contribution in [1.82, 2.24) is 0 Å². The van der Waals surface area contributed by atoms with Gasteiger partial charge in [0.05, 0.1) is 5.02 Å². The number of phenolic OH excluding ortho intramolecular Hbond substituents is 1. The van der Waals surface area contributed by atoms with Crippen molar-refractivity contribution in [3.63, 3.8) is 0 Å². The zero-order valence-corrected chi connectivity index (χ0v) is 6.99. The monoisotopic (exact) mass is 206 g/mol. The van der Waals surface area contributed by atoms with E-state index in [1.54, 1.807) is 0 Å². The molecule has 0 amide bonds. The van der Waals surface area contributed by atoms with E-state index < -0.39 is 18.9 Å². The van der Waals surface area contributed by atoms with Gasteiger partial charge in [-0.1, -0.05) is 11.6 Å². The second-order valence-corrected chi connectivity index (χ2v) is 2.59. The Hall–Kier alpha value is -0.975. The Kier molecular flexibility index (Phi) is 2.97. The van der Waals surface area contributed by atoms with Crippen LogP contribution < -0.4 is 4.65 Å². The van der Waals surface area contributed by atoms with Crippen LogP contribution in [-0.4, -0.2) is 22.5 Å². The Balaban J connectivity index is 2.99. The molecule has 0 saturated carbocycles. The highest BCUT2D eigenvalue weighted by Crippen LogP contribution is 2.30. The molecule has 4 nitrogen and oxygen atoms in total. The fourth-order valence-electron chi connectivity index (χ4n) is 0.732. The molecular formula is C6H5BClFO4. The van der Waals surface area contributed by atoms with E-state index in [1.165, 1.54) is 0 Å². The minimum absolute atomic E-state index is 0.185. The molecule has 0 aliphatic heterocycles. The number of phenols is 1. The lowest BCUT2D eigenvalue weighted by molar-refractivity contribution is 0.287. The number of hydrogen-bond donors (Lipinski definition) is 3. The number of rotatable bonds is 2. The van der Waals surface area contributed by atoms with Crippen molar-refractivity contribution in [1.29, 1.82) is 0 Å². The van der Waals surface area contributed by atoms with E-state index in [4.69, 9.17) is 26.8 Å². The van der Waals surface area contributed by atoms with Crippen molar-refractivity contribution in [2.45, 2.75) is 0 Å². The first kappa shape index (κ1) is 10.1. The Bertz CT molecular complexity index is 296. The van der Waals surface area contributed by atoms with Gasteiger partial charge in [0, 0.05) is 12.1 Å². The summed E-state index contributed by atoms with van der Waals surface area (Å²) in [5, 5.41) is 25.3. The SMILES string of the molecule is OB(O)Oc1cc(F)c(O)c(Cl)c1. The second kappa shape index (κ2) is 3.82. The van der Waals surface area contributed by atoms with Crippen molar-refractivity contribution in [3.05, 3.63) is 23.0 Å². The van der Waals surface area contributed by atoms with Gasteiger partial charge in [-0.25, -0.2) is 4.39 Å². The first-order chi connectivity index (χ1) is 6.00. The van der Waals surface area contributed by atoms with Gasteiger partial charge in [0.15, 0.2) is 11.6 Å². The summed E-state index contributed by atoms with van der Waals surface area (Å²) in [5.41, 5.74) is 0. The summed E-state index contributed by atoms with van der Waals surface area (Å²) in [6.07, 6.45) is 0. The van der Waals surface area contributed by atoms with Gasteiger partial charge in [-0.05, 0) is 0 Å². The van der Waals surface area contributed by atoms with Crippen LogP contribution in [0.4, 0.5) is 4.39 Å². The van der Waals surface area contributed by atoms with Gasteiger partial charge >= 0.3 is 7.32 Å². The smallest absolute Gasteiger partial charge is 0.512 e. The predicted molar refractivity (Wildman–Crippen MR) is 43.9 cm³/mol. The molecule has 0 fully saturated rings. The van der Waals surface area contributed by atoms with Crippen molar-refractivity contribution < 1.29 is 24.2 Å². The van der Waals surface area contributed by atoms with Gasteiger partial charge in [-0.15, -0.1) is 0 Å². The molecule has 1 aromatic rings. The molecule has 0 aliphatic carbocycles. The maximum absolute atomic E-state index is 12.7. The summed E-state index contributed by atoms with van der Waals surface area (Å²) in [7, 11) is -2.06. The van der Waals surface area contributed by atoms with Crippen LogP contribution in [0.5, 0.6) is 11.5 Å². The average molecular weight is 206 g/mol. The summed E-state index contributed by atoms with van der Waals surface area (Å²) in [6, 6.07) is 1.83. The highest BCUT2D eigenvalue weighted by Gasteiger charge is 2.14. The van der Waals surface area contributed by atoms with E-state index in [0.717, 1.165) is 12.1 Å². The Labute approximate surface area is 78.3 Å². The maximum atomic E-state index is 12.7. The molecule has 0 aromatic heterocycles. The molecule has 0 spiro atoms. The third-order valence-corrected chi connectivity index (χ3v) is 1.52. The molecule has 0 unspecified atom stereocenters. The van der Waals surface area contributed by atoms with Crippen LogP contribution in [0.2, 0.25) is 5.02 Å². The lowest BCUT2D eigenvalue weighted by Crippen LogP contribution is -2.20. The third kappa shape index (κ3) is 2.48. The molecule has 0 atom stereocenters. The summed E-state index contributed by atoms with van der Waals surface area (Å²) in [6.45, 7) is 0. The zero-order chi connectivity index (χ0) is 10.0. The van der Waals surface area contributed by atoms with Crippen LogP contribution in [-0.2, 0) is 0 Å². The molecule has 13 heavy (non-hydrogen) atoms. The highest BCUT2D eigenvalue weighted by atomic mass is 35.5. The lowest BCUT2D eigenvalue weighted by atomic mass is 10.2. The molecule has 70 valence electrons. The highest BCUT2D eigenvalue weighted by molar-refractivity contribution is 6.34. The van der Waals surface area contributed by atoms with Crippen molar-refractivity contribution in [2.24, 2.45) is 0 Å². The van der Waals surface area contributed by atoms with E-state index in [1.807, 2.05) is 0 Å². The second-order valence-electron chi connectivity index (χ2n) is 2.18. The van der Waals surface area contributed by atoms with Gasteiger partial charge in [-0.3, -0.25) is 0 Å². The summed E-state index contributed by atoms with van der Waals surface area (Å²) >= 11 is 5.37. The molecule has 0 heterocycles. The van der Waals surface area contributed by atoms with Crippen LogP contribution in [0.15, 0.2) is 12.1 Å². The van der Waals surface area contributed by atoms with E-state index in [2.05, 4.69) is 4.65 Å². The Morgan fingerprint density at radius 1 is 1.38 bits per heavy atom. The minimum atomic E-state index is -2.06. The van der Waals surface area contributed by atoms with E-state index in [-0.39, 0.29) is 10.8 Å². The minimum Gasteiger partial charge on any atom is -0.512 e. The Morgan fingerprint density at radius 2 is 2.00 bits per heavy atom. The first-order valence-corrected chi connectivity index (χ1v) is 3.59. The topological polar surface area (TPSA) is 69.9 Å². The van der Waals surface area contributed by atoms with Crippen molar-refractivity contribution >= 4 is 18.9 Å². The van der Waals surface area contributed by atoms with Gasteiger partial charge in [0.2, 0.25) is 0 Å². The quantitative estimate of drug-likeness (QED) is 0.618. The molecule has 0 saturated heterocycles. The molecule has 1 aromatic carbocycles. The van der Waals surface area contributed by atoms with Crippen molar-refractivity contribution in [3.8, 4) is 11.5 Å². The van der Waals surface area contributed by atoms with Crippen molar-refractivity contribution in [2.75, 3.05) is 0 Å². The van der Waals surface area contributed by atoms with Crippen LogP contribution in [0, 0.1) is 5.82 Å². The lowest BCUT2D eigenvalue weighted by Gasteiger charge is -2.06. The van der Waals surface area contributed by atoms with Gasteiger partial charge in [0.1, 0.15) is 5.75 Å². The molecule has 3 N–H and O–H groups in total. The fourth-order valence-corrected chi connectivity index (χ4v) is 0.930. The summed E-state index contributed by atoms with van der Waals surface area (Å²) < 4.78 is 17.0. The number of aromatic hydroxyl groups is 1. The molecule has 7 heteroatoms. The molecular weight excluding hydrogens is 201 g/mol. The largest absolute Gasteiger partial charge is 0.707 e. The van der Waals surface area contributed by atoms with Crippen LogP contribution in [0.25, 0.3) is 0 Å². The van der Waals surface area contributed by atoms with Crippen LogP contribution >= 0.6 is 11.6 Å². The van der Waals surface area contributed by atoms with Gasteiger partial charge in [0.25, 0.3) is 0 Å². The Morgan fingerprint density at radius 3 is 2.46 bits per heavy atom. The number of hydrogen-bond acceptors (Lipinski definition) is 4. The van der Waals surface area contributed by atoms with E-state index >= 15 is 0 Å². The first-order valence-electron chi connectivity index (χ1n) is 3.21. The van der Waals surface area contributed by atoms with Crippen LogP contribution in [0.1, 0.15) is 0 Å². The average Bonchev–Trinajstić information content (AvgIpc) is 1.98. The van der Waals surface area contributed by atoms with Crippen LogP contribution in [0.3, 0.4) is 0 Å². The standard InChI is InChI=1S/C6H5BClFO4/c8-4-1-3(13-7(11)12)2-5(9)6(4)10/h1-2,10-12H. The molecule has 1 rings (SSSR count). The van der Waals surface area contributed by atoms with Gasteiger partial charge < -0.3 is 19.8 Å². The maximum Gasteiger partial charge on any atom is 0.707 e. The summed E-state index contributed by atoms with van der Waals surface area (Å²) in [4.78, 5) is 0. The number of halogens is 2. The van der Waals surface area contributed by atoms with Gasteiger partial charge in [-0.2, -0.15) is 0 Å². The fraction of sp³-hybridized carbons (Fsp3) is 0. The summed E-state index contributed by atoms with van der Waals surface area (Å²) in [5.74, 6) is -1.89. The van der Waals surface area contributed by atoms with E-state index in [0.29, 0.717) is 0 Å². The molecule has 0 aliphatic rings. The van der Waals surface area contributed by atoms with E-state index in [9.17, 15) is 4.39 Å². The zero-order valence-electron chi connectivity index (χ0n) is 6.24. The predicted octanol–water partition coefficient (Wildman–Crippen LogP) is 0.533. The molecule has 0 bridgehead atoms. The number of benzene rings is 1. The third-order valence-electron chi connectivity index (χ3n) is 1.23. The molecule has 0 radical (unpaired) electrons. The normalized spacial score (nSPS) is 9.85.